The molecular weight excluding hydrogens is 536 g/mol. The smallest absolute Gasteiger partial charge is 0.418 e. The summed E-state index contributed by atoms with van der Waals surface area (Å²) in [6, 6.07) is 14.0. The van der Waals surface area contributed by atoms with Gasteiger partial charge in [-0.05, 0) is 79.4 Å². The van der Waals surface area contributed by atoms with Crippen LogP contribution < -0.4 is 9.15 Å². The minimum Gasteiger partial charge on any atom is -0.497 e. The zero-order valence-electron chi connectivity index (χ0n) is 21.4. The summed E-state index contributed by atoms with van der Waals surface area (Å²) in [6.07, 6.45) is -4.09. The van der Waals surface area contributed by atoms with Gasteiger partial charge in [0.15, 0.2) is 5.78 Å². The molecule has 0 aliphatic carbocycles. The number of rotatable bonds is 8. The van der Waals surface area contributed by atoms with Gasteiger partial charge in [-0.15, -0.1) is 0 Å². The summed E-state index contributed by atoms with van der Waals surface area (Å²) in [6.45, 7) is 1.77. The second-order valence-corrected chi connectivity index (χ2v) is 10.9. The molecule has 0 atom stereocenters. The summed E-state index contributed by atoms with van der Waals surface area (Å²) in [4.78, 5) is 12.8. The Bertz CT molecular complexity index is 1430. The number of Topliss-reactive ketones (excluding diaryl/α,β-unsaturated/α-hetero) is 1. The van der Waals surface area contributed by atoms with E-state index in [-0.39, 0.29) is 36.6 Å². The molecule has 4 rings (SSSR count). The van der Waals surface area contributed by atoms with Crippen molar-refractivity contribution in [3.63, 3.8) is 0 Å². The molecule has 1 aliphatic rings. The van der Waals surface area contributed by atoms with Gasteiger partial charge < -0.3 is 4.74 Å². The number of para-hydroxylation sites is 1. The Labute approximate surface area is 224 Å². The molecule has 0 aromatic heterocycles. The molecule has 1 aliphatic heterocycles. The number of nitrogens with zero attached hydrogens (tertiary/aromatic N) is 2. The number of alkyl halides is 3. The lowest BCUT2D eigenvalue weighted by atomic mass is 9.89. The molecule has 0 saturated carbocycles. The second kappa shape index (κ2) is 11.4. The number of anilines is 1. The third kappa shape index (κ3) is 5.94. The Hall–Kier alpha value is -3.44. The predicted molar refractivity (Wildman–Crippen MR) is 139 cm³/mol. The van der Waals surface area contributed by atoms with Crippen LogP contribution >= 0.6 is 0 Å². The van der Waals surface area contributed by atoms with E-state index >= 15 is 0 Å². The maximum absolute atomic E-state index is 14.1. The average molecular weight is 565 g/mol. The molecule has 0 spiro atoms. The number of halogens is 4. The van der Waals surface area contributed by atoms with E-state index in [1.807, 2.05) is 0 Å². The number of carbonyl (C=O) groups is 1. The molecule has 1 saturated heterocycles. The maximum Gasteiger partial charge on any atom is 0.418 e. The van der Waals surface area contributed by atoms with Crippen LogP contribution in [0.2, 0.25) is 0 Å². The van der Waals surface area contributed by atoms with Crippen molar-refractivity contribution in [3.8, 4) is 5.75 Å². The summed E-state index contributed by atoms with van der Waals surface area (Å²) >= 11 is 0. The summed E-state index contributed by atoms with van der Waals surface area (Å²) in [7, 11) is -3.09. The number of hydrogen-bond acceptors (Lipinski definition) is 5. The number of hydrazine groups is 1. The average Bonchev–Trinajstić information content (AvgIpc) is 2.92. The molecule has 0 bridgehead atoms. The van der Waals surface area contributed by atoms with Crippen LogP contribution in [-0.4, -0.2) is 39.4 Å². The lowest BCUT2D eigenvalue weighted by Gasteiger charge is -2.40. The molecular formula is C28H28F4N2O4S. The first-order chi connectivity index (χ1) is 18.5. The van der Waals surface area contributed by atoms with Crippen molar-refractivity contribution in [3.05, 3.63) is 89.2 Å². The van der Waals surface area contributed by atoms with E-state index in [0.29, 0.717) is 23.3 Å². The van der Waals surface area contributed by atoms with Crippen molar-refractivity contribution in [2.24, 2.45) is 5.92 Å². The largest absolute Gasteiger partial charge is 0.497 e. The molecule has 0 unspecified atom stereocenters. The van der Waals surface area contributed by atoms with Crippen LogP contribution in [0.5, 0.6) is 5.75 Å². The van der Waals surface area contributed by atoms with E-state index in [2.05, 4.69) is 0 Å². The highest BCUT2D eigenvalue weighted by Crippen LogP contribution is 2.40. The molecule has 208 valence electrons. The zero-order chi connectivity index (χ0) is 28.4. The number of ketones is 1. The molecule has 11 heteroatoms. The number of sulfonamides is 1. The molecule has 0 N–H and O–H groups in total. The number of piperidine rings is 1. The van der Waals surface area contributed by atoms with E-state index in [1.165, 1.54) is 60.6 Å². The molecule has 0 radical (unpaired) electrons. The predicted octanol–water partition coefficient (Wildman–Crippen LogP) is 6.12. The van der Waals surface area contributed by atoms with Gasteiger partial charge in [0, 0.05) is 24.6 Å². The summed E-state index contributed by atoms with van der Waals surface area (Å²) in [5, 5.41) is 1.35. The van der Waals surface area contributed by atoms with Gasteiger partial charge in [-0.3, -0.25) is 4.79 Å². The fraction of sp³-hybridized carbons (Fsp3) is 0.321. The van der Waals surface area contributed by atoms with E-state index in [1.54, 1.807) is 13.0 Å². The fourth-order valence-electron chi connectivity index (χ4n) is 4.78. The van der Waals surface area contributed by atoms with Gasteiger partial charge in [0.25, 0.3) is 10.0 Å². The lowest BCUT2D eigenvalue weighted by molar-refractivity contribution is -0.137. The highest BCUT2D eigenvalue weighted by Gasteiger charge is 2.41. The van der Waals surface area contributed by atoms with Crippen molar-refractivity contribution in [2.75, 3.05) is 24.6 Å². The van der Waals surface area contributed by atoms with Crippen LogP contribution in [-0.2, 0) is 22.6 Å². The summed E-state index contributed by atoms with van der Waals surface area (Å²) in [5.41, 5.74) is -0.895. The van der Waals surface area contributed by atoms with Crippen LogP contribution in [0.25, 0.3) is 0 Å². The topological polar surface area (TPSA) is 66.9 Å². The molecule has 39 heavy (non-hydrogen) atoms. The Morgan fingerprint density at radius 1 is 1.03 bits per heavy atom. The highest BCUT2D eigenvalue weighted by molar-refractivity contribution is 7.92. The first-order valence-corrected chi connectivity index (χ1v) is 13.8. The third-order valence-electron chi connectivity index (χ3n) is 6.80. The second-order valence-electron chi connectivity index (χ2n) is 9.19. The van der Waals surface area contributed by atoms with Crippen LogP contribution in [0.3, 0.4) is 0 Å². The Balaban J connectivity index is 1.74. The summed E-state index contributed by atoms with van der Waals surface area (Å²) < 4.78 is 89.7. The van der Waals surface area contributed by atoms with Gasteiger partial charge in [0.2, 0.25) is 0 Å². The minimum absolute atomic E-state index is 0.0145. The van der Waals surface area contributed by atoms with Gasteiger partial charge in [-0.25, -0.2) is 9.40 Å². The minimum atomic E-state index is -4.81. The Morgan fingerprint density at radius 2 is 1.67 bits per heavy atom. The highest BCUT2D eigenvalue weighted by atomic mass is 32.2. The molecule has 1 heterocycles. The fourth-order valence-corrected chi connectivity index (χ4v) is 6.62. The number of carbonyl (C=O) groups excluding carboxylic acids is 1. The quantitative estimate of drug-likeness (QED) is 0.244. The number of hydrogen-bond donors (Lipinski definition) is 0. The van der Waals surface area contributed by atoms with Crippen LogP contribution in [0.4, 0.5) is 23.2 Å². The van der Waals surface area contributed by atoms with Crippen LogP contribution in [0.1, 0.15) is 41.3 Å². The van der Waals surface area contributed by atoms with E-state index < -0.39 is 39.2 Å². The summed E-state index contributed by atoms with van der Waals surface area (Å²) in [5.74, 6) is -0.756. The molecule has 3 aromatic carbocycles. The monoisotopic (exact) mass is 564 g/mol. The van der Waals surface area contributed by atoms with E-state index in [4.69, 9.17) is 4.74 Å². The third-order valence-corrected chi connectivity index (χ3v) is 8.63. The van der Waals surface area contributed by atoms with Crippen molar-refractivity contribution < 1.29 is 35.5 Å². The number of aryl methyl sites for hydroxylation is 1. The molecule has 0 amide bonds. The van der Waals surface area contributed by atoms with Crippen molar-refractivity contribution >= 4 is 21.5 Å². The number of benzene rings is 3. The van der Waals surface area contributed by atoms with E-state index in [9.17, 15) is 30.8 Å². The first-order valence-electron chi connectivity index (χ1n) is 12.4. The Kier molecular flexibility index (Phi) is 8.31. The normalized spacial score (nSPS) is 15.2. The molecule has 1 fully saturated rings. The number of ether oxygens (including phenoxy) is 1. The van der Waals surface area contributed by atoms with Gasteiger partial charge in [-0.1, -0.05) is 19.1 Å². The Morgan fingerprint density at radius 3 is 2.26 bits per heavy atom. The lowest BCUT2D eigenvalue weighted by Crippen LogP contribution is -2.51. The molecule has 6 nitrogen and oxygen atoms in total. The van der Waals surface area contributed by atoms with Crippen molar-refractivity contribution in [2.45, 2.75) is 37.3 Å². The van der Waals surface area contributed by atoms with Crippen molar-refractivity contribution in [1.29, 1.82) is 0 Å². The SMILES string of the molecule is CCc1cc(OC)ccc1S(=O)(=O)N(c1ccccc1C(F)(F)F)N1CCC(C(=O)c2ccc(F)cc2)CC1. The standard InChI is InChI=1S/C28H28F4N2O4S/c1-3-19-18-23(38-2)12-13-26(19)39(36,37)34(25-7-5-4-6-24(25)28(30,31)32)33-16-14-21(15-17-33)27(35)20-8-10-22(29)11-9-20/h4-13,18,21H,3,14-17H2,1-2H3. The van der Waals surface area contributed by atoms with E-state index in [0.717, 1.165) is 16.5 Å². The first kappa shape index (κ1) is 28.6. The van der Waals surface area contributed by atoms with Crippen molar-refractivity contribution in [1.82, 2.24) is 5.01 Å². The van der Waals surface area contributed by atoms with Gasteiger partial charge in [0.1, 0.15) is 11.6 Å². The van der Waals surface area contributed by atoms with Gasteiger partial charge >= 0.3 is 6.18 Å². The maximum atomic E-state index is 14.1. The van der Waals surface area contributed by atoms with Gasteiger partial charge in [0.05, 0.1) is 23.3 Å². The molecule has 3 aromatic rings. The van der Waals surface area contributed by atoms with Gasteiger partial charge in [-0.2, -0.15) is 26.0 Å². The van der Waals surface area contributed by atoms with Crippen LogP contribution in [0.15, 0.2) is 71.6 Å². The zero-order valence-corrected chi connectivity index (χ0v) is 22.2. The van der Waals surface area contributed by atoms with Crippen LogP contribution in [0, 0.1) is 11.7 Å². The number of methoxy groups -OCH3 is 1.